The third-order valence-electron chi connectivity index (χ3n) is 8.74. The molecule has 8 heteroatoms. The summed E-state index contributed by atoms with van der Waals surface area (Å²) in [6, 6.07) is 11.5. The number of carbonyl (C=O) groups excluding carboxylic acids is 2. The molecule has 0 radical (unpaired) electrons. The van der Waals surface area contributed by atoms with E-state index in [2.05, 4.69) is 5.32 Å². The largest absolute Gasteiger partial charge is 0.493 e. The minimum Gasteiger partial charge on any atom is -0.493 e. The first-order valence-corrected chi connectivity index (χ1v) is 15.4. The Kier molecular flexibility index (Phi) is 9.63. The Morgan fingerprint density at radius 3 is 2.21 bits per heavy atom. The molecule has 0 saturated heterocycles. The Hall–Kier alpha value is -3.94. The molecule has 0 amide bonds. The van der Waals surface area contributed by atoms with E-state index in [0.717, 1.165) is 55.3 Å². The minimum atomic E-state index is -0.583. The monoisotopic (exact) mass is 589 g/mol. The number of carbonyl (C=O) groups is 2. The van der Waals surface area contributed by atoms with Crippen molar-refractivity contribution in [2.75, 3.05) is 27.9 Å². The molecule has 43 heavy (non-hydrogen) atoms. The van der Waals surface area contributed by atoms with Gasteiger partial charge in [0.2, 0.25) is 0 Å². The van der Waals surface area contributed by atoms with Gasteiger partial charge >= 0.3 is 5.97 Å². The lowest BCUT2D eigenvalue weighted by Crippen LogP contribution is -2.37. The van der Waals surface area contributed by atoms with E-state index in [1.54, 1.807) is 21.3 Å². The van der Waals surface area contributed by atoms with Gasteiger partial charge in [0.05, 0.1) is 33.5 Å². The summed E-state index contributed by atoms with van der Waals surface area (Å²) in [7, 11) is 4.81. The summed E-state index contributed by atoms with van der Waals surface area (Å²) in [4.78, 5) is 28.0. The van der Waals surface area contributed by atoms with E-state index in [-0.39, 0.29) is 23.8 Å². The number of hydrogen-bond donors (Lipinski definition) is 1. The maximum Gasteiger partial charge on any atom is 0.337 e. The number of methoxy groups -OCH3 is 3. The number of ketones is 1. The molecule has 1 heterocycles. The maximum absolute atomic E-state index is 14.1. The molecule has 2 atom stereocenters. The van der Waals surface area contributed by atoms with Gasteiger partial charge in [-0.05, 0) is 86.8 Å². The summed E-state index contributed by atoms with van der Waals surface area (Å²) < 4.78 is 28.6. The van der Waals surface area contributed by atoms with E-state index < -0.39 is 5.92 Å². The summed E-state index contributed by atoms with van der Waals surface area (Å²) in [5.41, 5.74) is 4.42. The zero-order valence-corrected chi connectivity index (χ0v) is 25.9. The second-order valence-electron chi connectivity index (χ2n) is 11.6. The van der Waals surface area contributed by atoms with Gasteiger partial charge in [-0.1, -0.05) is 25.5 Å². The van der Waals surface area contributed by atoms with Crippen LogP contribution < -0.4 is 24.3 Å². The average Bonchev–Trinajstić information content (AvgIpc) is 3.02. The number of esters is 1. The zero-order valence-electron chi connectivity index (χ0n) is 25.9. The lowest BCUT2D eigenvalue weighted by atomic mass is 9.71. The number of allylic oxidation sites excluding steroid dienone is 3. The molecule has 3 aliphatic rings. The second-order valence-corrected chi connectivity index (χ2v) is 11.6. The van der Waals surface area contributed by atoms with Gasteiger partial charge in [-0.15, -0.1) is 0 Å². The van der Waals surface area contributed by atoms with Gasteiger partial charge in [0.1, 0.15) is 6.10 Å². The molecule has 8 nitrogen and oxygen atoms in total. The van der Waals surface area contributed by atoms with Crippen LogP contribution in [0.15, 0.2) is 58.9 Å². The smallest absolute Gasteiger partial charge is 0.337 e. The summed E-state index contributed by atoms with van der Waals surface area (Å²) in [5, 5.41) is 3.46. The van der Waals surface area contributed by atoms with E-state index in [0.29, 0.717) is 59.3 Å². The van der Waals surface area contributed by atoms with Crippen LogP contribution in [0.4, 0.5) is 0 Å². The topological polar surface area (TPSA) is 92.3 Å². The van der Waals surface area contributed by atoms with Crippen LogP contribution in [0.5, 0.6) is 23.0 Å². The van der Waals surface area contributed by atoms with Crippen LogP contribution in [0, 0.1) is 0 Å². The van der Waals surface area contributed by atoms with Crippen molar-refractivity contribution in [3.63, 3.8) is 0 Å². The van der Waals surface area contributed by atoms with E-state index in [1.807, 2.05) is 50.2 Å². The number of hydrogen-bond acceptors (Lipinski definition) is 8. The van der Waals surface area contributed by atoms with Gasteiger partial charge < -0.3 is 29.0 Å². The molecule has 0 spiro atoms. The van der Waals surface area contributed by atoms with Crippen molar-refractivity contribution in [1.29, 1.82) is 0 Å². The van der Waals surface area contributed by atoms with Crippen molar-refractivity contribution in [3.8, 4) is 23.0 Å². The Bertz CT molecular complexity index is 1420. The molecule has 1 N–H and O–H groups in total. The van der Waals surface area contributed by atoms with Crippen molar-refractivity contribution in [1.82, 2.24) is 5.32 Å². The van der Waals surface area contributed by atoms with Crippen molar-refractivity contribution in [2.45, 2.75) is 83.2 Å². The van der Waals surface area contributed by atoms with Crippen LogP contribution in [0.2, 0.25) is 0 Å². The average molecular weight is 590 g/mol. The van der Waals surface area contributed by atoms with Crippen LogP contribution in [-0.2, 0) is 14.3 Å². The zero-order chi connectivity index (χ0) is 30.5. The molecule has 2 aliphatic carbocycles. The number of Topliss-reactive ketones (excluding diaryl/α,β-unsaturated/α-hetero) is 1. The van der Waals surface area contributed by atoms with Gasteiger partial charge in [-0.2, -0.15) is 0 Å². The predicted molar refractivity (Wildman–Crippen MR) is 164 cm³/mol. The van der Waals surface area contributed by atoms with Crippen LogP contribution in [0.1, 0.15) is 88.2 Å². The van der Waals surface area contributed by atoms with E-state index in [9.17, 15) is 9.59 Å². The van der Waals surface area contributed by atoms with Crippen LogP contribution in [0.25, 0.3) is 0 Å². The van der Waals surface area contributed by atoms with Crippen LogP contribution in [0.3, 0.4) is 0 Å². The van der Waals surface area contributed by atoms with Gasteiger partial charge in [0.15, 0.2) is 28.8 Å². The fraction of sp³-hybridized carbons (Fsp3) is 0.486. The highest BCUT2D eigenvalue weighted by atomic mass is 16.5. The number of nitrogens with one attached hydrogen (secondary N) is 1. The van der Waals surface area contributed by atoms with E-state index >= 15 is 0 Å². The third kappa shape index (κ3) is 6.38. The highest BCUT2D eigenvalue weighted by molar-refractivity contribution is 6.04. The lowest BCUT2D eigenvalue weighted by Gasteiger charge is -2.37. The number of dihydropyridines is 1. The third-order valence-corrected chi connectivity index (χ3v) is 8.74. The lowest BCUT2D eigenvalue weighted by molar-refractivity contribution is -0.146. The molecule has 2 aromatic carbocycles. The molecule has 0 unspecified atom stereocenters. The highest BCUT2D eigenvalue weighted by Gasteiger charge is 2.42. The normalized spacial score (nSPS) is 20.7. The van der Waals surface area contributed by atoms with E-state index in [4.69, 9.17) is 23.7 Å². The SMILES string of the molecule is CCCOc1ccc([C@@H]2C(C(=O)OC3CCCCC3)=C(C)NC3=C2C(=O)C[C@@H](c2ccc(OC)c(OC)c2)C3)cc1OC. The van der Waals surface area contributed by atoms with Gasteiger partial charge in [-0.25, -0.2) is 4.79 Å². The first kappa shape index (κ1) is 30.5. The fourth-order valence-corrected chi connectivity index (χ4v) is 6.58. The second kappa shape index (κ2) is 13.6. The van der Waals surface area contributed by atoms with E-state index in [1.165, 1.54) is 0 Å². The first-order valence-electron chi connectivity index (χ1n) is 15.4. The first-order chi connectivity index (χ1) is 20.9. The Morgan fingerprint density at radius 1 is 0.860 bits per heavy atom. The fourth-order valence-electron chi connectivity index (χ4n) is 6.58. The molecule has 5 rings (SSSR count). The van der Waals surface area contributed by atoms with Crippen molar-refractivity contribution >= 4 is 11.8 Å². The Morgan fingerprint density at radius 2 is 1.51 bits per heavy atom. The Labute approximate surface area is 254 Å². The van der Waals surface area contributed by atoms with Gasteiger partial charge in [-0.3, -0.25) is 4.79 Å². The summed E-state index contributed by atoms with van der Waals surface area (Å²) in [5.74, 6) is 1.46. The molecule has 0 bridgehead atoms. The number of ether oxygens (including phenoxy) is 5. The molecule has 230 valence electrons. The minimum absolute atomic E-state index is 0.000669. The van der Waals surface area contributed by atoms with Crippen LogP contribution in [-0.4, -0.2) is 45.8 Å². The summed E-state index contributed by atoms with van der Waals surface area (Å²) in [6.07, 6.45) is 6.70. The standard InChI is InChI=1S/C35H43NO7/c1-6-16-42-29-15-13-23(20-31(29)41-5)33-32(35(38)43-25-10-8-7-9-11-25)21(2)36-26-17-24(18-27(37)34(26)33)22-12-14-28(39-3)30(19-22)40-4/h12-15,19-20,24-25,33,36H,6-11,16-18H2,1-5H3/t24-,33+/m0/s1. The summed E-state index contributed by atoms with van der Waals surface area (Å²) in [6.45, 7) is 4.51. The van der Waals surface area contributed by atoms with Crippen molar-refractivity contribution in [3.05, 3.63) is 70.1 Å². The summed E-state index contributed by atoms with van der Waals surface area (Å²) >= 11 is 0. The molecule has 1 saturated carbocycles. The van der Waals surface area contributed by atoms with Gasteiger partial charge in [0.25, 0.3) is 0 Å². The van der Waals surface area contributed by atoms with Crippen LogP contribution >= 0.6 is 0 Å². The molecular formula is C35H43NO7. The quantitative estimate of drug-likeness (QED) is 0.305. The molecule has 1 fully saturated rings. The van der Waals surface area contributed by atoms with Crippen molar-refractivity contribution in [2.24, 2.45) is 0 Å². The molecular weight excluding hydrogens is 546 g/mol. The highest BCUT2D eigenvalue weighted by Crippen LogP contribution is 2.48. The number of rotatable bonds is 10. The maximum atomic E-state index is 14.1. The Balaban J connectivity index is 1.54. The number of benzene rings is 2. The predicted octanol–water partition coefficient (Wildman–Crippen LogP) is 6.74. The molecule has 1 aliphatic heterocycles. The van der Waals surface area contributed by atoms with Gasteiger partial charge in [0, 0.05) is 29.3 Å². The molecule has 0 aromatic heterocycles. The van der Waals surface area contributed by atoms with Crippen molar-refractivity contribution < 1.29 is 33.3 Å². The molecule has 2 aromatic rings.